The topological polar surface area (TPSA) is 56.6 Å². The van der Waals surface area contributed by atoms with Gasteiger partial charge >= 0.3 is 0 Å². The summed E-state index contributed by atoms with van der Waals surface area (Å²) < 4.78 is 5.19. The van der Waals surface area contributed by atoms with Crippen molar-refractivity contribution in [2.45, 2.75) is 38.1 Å². The molecule has 0 radical (unpaired) electrons. The summed E-state index contributed by atoms with van der Waals surface area (Å²) in [5.41, 5.74) is 0.982. The first-order valence-corrected chi connectivity index (χ1v) is 9.29. The van der Waals surface area contributed by atoms with Crippen molar-refractivity contribution in [3.8, 4) is 11.8 Å². The fourth-order valence-corrected chi connectivity index (χ4v) is 3.96. The van der Waals surface area contributed by atoms with E-state index >= 15 is 0 Å². The van der Waals surface area contributed by atoms with Crippen LogP contribution in [-0.4, -0.2) is 49.0 Å². The van der Waals surface area contributed by atoms with Gasteiger partial charge in [-0.2, -0.15) is 5.26 Å². The van der Waals surface area contributed by atoms with Crippen LogP contribution in [0.5, 0.6) is 5.75 Å². The van der Waals surface area contributed by atoms with Gasteiger partial charge in [0.05, 0.1) is 13.2 Å². The van der Waals surface area contributed by atoms with Gasteiger partial charge in [0.15, 0.2) is 0 Å². The Kier molecular flexibility index (Phi) is 5.93. The van der Waals surface area contributed by atoms with Crippen molar-refractivity contribution in [3.05, 3.63) is 29.8 Å². The Hall–Kier alpha value is -2.06. The molecular formula is C20H27N3O2. The lowest BCUT2D eigenvalue weighted by atomic mass is 9.88. The first-order valence-electron chi connectivity index (χ1n) is 9.29. The Labute approximate surface area is 150 Å². The molecule has 1 heterocycles. The number of amides is 1. The molecule has 1 aromatic rings. The standard InChI is InChI=1S/C20H27N3O2/c1-25-18-9-7-16(8-10-18)19(15-21)22-11-13-23(14-12-22)20(24)17-5-3-2-4-6-17/h7-10,17,19H,2-6,11-14H2,1H3/t19-/m1/s1. The minimum atomic E-state index is -0.266. The molecule has 0 unspecified atom stereocenters. The van der Waals surface area contributed by atoms with Crippen molar-refractivity contribution in [2.75, 3.05) is 33.3 Å². The molecule has 25 heavy (non-hydrogen) atoms. The number of nitrogens with zero attached hydrogens (tertiary/aromatic N) is 3. The highest BCUT2D eigenvalue weighted by molar-refractivity contribution is 5.79. The van der Waals surface area contributed by atoms with Crippen LogP contribution in [0.3, 0.4) is 0 Å². The highest BCUT2D eigenvalue weighted by Crippen LogP contribution is 2.27. The molecule has 1 amide bonds. The first kappa shape index (κ1) is 17.8. The predicted molar refractivity (Wildman–Crippen MR) is 96.1 cm³/mol. The average molecular weight is 341 g/mol. The number of hydrogen-bond acceptors (Lipinski definition) is 4. The number of benzene rings is 1. The normalized spacial score (nSPS) is 20.7. The van der Waals surface area contributed by atoms with Crippen LogP contribution < -0.4 is 4.74 Å². The van der Waals surface area contributed by atoms with Crippen LogP contribution in [0.15, 0.2) is 24.3 Å². The summed E-state index contributed by atoms with van der Waals surface area (Å²) in [4.78, 5) is 16.9. The molecule has 1 atom stereocenters. The summed E-state index contributed by atoms with van der Waals surface area (Å²) >= 11 is 0. The third kappa shape index (κ3) is 4.13. The molecule has 134 valence electrons. The molecule has 5 heteroatoms. The summed E-state index contributed by atoms with van der Waals surface area (Å²) in [7, 11) is 1.64. The predicted octanol–water partition coefficient (Wildman–Crippen LogP) is 2.98. The number of methoxy groups -OCH3 is 1. The second-order valence-corrected chi connectivity index (χ2v) is 7.00. The largest absolute Gasteiger partial charge is 0.497 e. The molecule has 1 aliphatic heterocycles. The number of carbonyl (C=O) groups excluding carboxylic acids is 1. The SMILES string of the molecule is COc1ccc([C@@H](C#N)N2CCN(C(=O)C3CCCCC3)CC2)cc1. The zero-order valence-corrected chi connectivity index (χ0v) is 15.0. The Morgan fingerprint density at radius 3 is 2.32 bits per heavy atom. The van der Waals surface area contributed by atoms with Crippen molar-refractivity contribution in [2.24, 2.45) is 5.92 Å². The van der Waals surface area contributed by atoms with Crippen LogP contribution in [0.25, 0.3) is 0 Å². The van der Waals surface area contributed by atoms with Gasteiger partial charge in [0.1, 0.15) is 11.8 Å². The van der Waals surface area contributed by atoms with Crippen molar-refractivity contribution in [1.82, 2.24) is 9.80 Å². The number of piperazine rings is 1. The maximum atomic E-state index is 12.7. The maximum absolute atomic E-state index is 12.7. The highest BCUT2D eigenvalue weighted by atomic mass is 16.5. The molecule has 0 spiro atoms. The molecule has 1 aromatic carbocycles. The van der Waals surface area contributed by atoms with Crippen molar-refractivity contribution >= 4 is 5.91 Å². The molecule has 2 aliphatic rings. The lowest BCUT2D eigenvalue weighted by Crippen LogP contribution is -2.51. The highest BCUT2D eigenvalue weighted by Gasteiger charge is 2.30. The molecule has 3 rings (SSSR count). The summed E-state index contributed by atoms with van der Waals surface area (Å²) in [5, 5.41) is 9.63. The van der Waals surface area contributed by atoms with Gasteiger partial charge in [-0.15, -0.1) is 0 Å². The number of ether oxygens (including phenoxy) is 1. The Morgan fingerprint density at radius 2 is 1.76 bits per heavy atom. The van der Waals surface area contributed by atoms with Gasteiger partial charge in [0.25, 0.3) is 0 Å². The van der Waals surface area contributed by atoms with E-state index in [9.17, 15) is 10.1 Å². The lowest BCUT2D eigenvalue weighted by Gasteiger charge is -2.38. The molecule has 0 N–H and O–H groups in total. The molecule has 1 aliphatic carbocycles. The van der Waals surface area contributed by atoms with E-state index in [0.29, 0.717) is 5.91 Å². The lowest BCUT2D eigenvalue weighted by molar-refractivity contribution is -0.138. The summed E-state index contributed by atoms with van der Waals surface area (Å²) in [5.74, 6) is 1.36. The Bertz CT molecular complexity index is 609. The van der Waals surface area contributed by atoms with E-state index in [1.165, 1.54) is 19.3 Å². The molecule has 0 aromatic heterocycles. The molecule has 1 saturated heterocycles. The maximum Gasteiger partial charge on any atom is 0.225 e. The minimum Gasteiger partial charge on any atom is -0.497 e. The molecular weight excluding hydrogens is 314 g/mol. The van der Waals surface area contributed by atoms with Gasteiger partial charge in [-0.1, -0.05) is 31.4 Å². The fraction of sp³-hybridized carbons (Fsp3) is 0.600. The summed E-state index contributed by atoms with van der Waals surface area (Å²) in [6, 6.07) is 9.83. The van der Waals surface area contributed by atoms with Crippen molar-refractivity contribution < 1.29 is 9.53 Å². The Balaban J connectivity index is 1.58. The van der Waals surface area contributed by atoms with Crippen LogP contribution >= 0.6 is 0 Å². The van der Waals surface area contributed by atoms with Crippen LogP contribution in [0, 0.1) is 17.2 Å². The van der Waals surface area contributed by atoms with E-state index in [-0.39, 0.29) is 12.0 Å². The van der Waals surface area contributed by atoms with E-state index < -0.39 is 0 Å². The number of nitriles is 1. The van der Waals surface area contributed by atoms with Gasteiger partial charge in [0, 0.05) is 32.1 Å². The van der Waals surface area contributed by atoms with Crippen molar-refractivity contribution in [1.29, 1.82) is 5.26 Å². The number of hydrogen-bond donors (Lipinski definition) is 0. The van der Waals surface area contributed by atoms with Gasteiger partial charge in [-0.05, 0) is 30.5 Å². The minimum absolute atomic E-state index is 0.230. The van der Waals surface area contributed by atoms with E-state index in [1.54, 1.807) is 7.11 Å². The third-order valence-electron chi connectivity index (χ3n) is 5.50. The fourth-order valence-electron chi connectivity index (χ4n) is 3.96. The van der Waals surface area contributed by atoms with Crippen molar-refractivity contribution in [3.63, 3.8) is 0 Å². The quantitative estimate of drug-likeness (QED) is 0.845. The van der Waals surface area contributed by atoms with Crippen LogP contribution in [0.4, 0.5) is 0 Å². The monoisotopic (exact) mass is 341 g/mol. The average Bonchev–Trinajstić information content (AvgIpc) is 2.70. The molecule has 5 nitrogen and oxygen atoms in total. The van der Waals surface area contributed by atoms with Gasteiger partial charge < -0.3 is 9.64 Å². The molecule has 2 fully saturated rings. The molecule has 1 saturated carbocycles. The van der Waals surface area contributed by atoms with Crippen LogP contribution in [0.2, 0.25) is 0 Å². The first-order chi connectivity index (χ1) is 12.2. The number of carbonyl (C=O) groups is 1. The van der Waals surface area contributed by atoms with E-state index in [4.69, 9.17) is 4.74 Å². The van der Waals surface area contributed by atoms with Crippen LogP contribution in [0.1, 0.15) is 43.7 Å². The zero-order chi connectivity index (χ0) is 17.6. The smallest absolute Gasteiger partial charge is 0.225 e. The molecule has 0 bridgehead atoms. The van der Waals surface area contributed by atoms with E-state index in [0.717, 1.165) is 50.3 Å². The van der Waals surface area contributed by atoms with Crippen LogP contribution in [-0.2, 0) is 4.79 Å². The van der Waals surface area contributed by atoms with E-state index in [2.05, 4.69) is 11.0 Å². The Morgan fingerprint density at radius 1 is 1.12 bits per heavy atom. The summed E-state index contributed by atoms with van der Waals surface area (Å²) in [6.07, 6.45) is 5.73. The second-order valence-electron chi connectivity index (χ2n) is 7.00. The number of rotatable bonds is 4. The summed E-state index contributed by atoms with van der Waals surface area (Å²) in [6.45, 7) is 2.96. The van der Waals surface area contributed by atoms with Gasteiger partial charge in [-0.25, -0.2) is 0 Å². The van der Waals surface area contributed by atoms with Gasteiger partial charge in [0.2, 0.25) is 5.91 Å². The van der Waals surface area contributed by atoms with Gasteiger partial charge in [-0.3, -0.25) is 9.69 Å². The second kappa shape index (κ2) is 8.35. The third-order valence-corrected chi connectivity index (χ3v) is 5.50. The van der Waals surface area contributed by atoms with E-state index in [1.807, 2.05) is 29.2 Å². The zero-order valence-electron chi connectivity index (χ0n) is 15.0.